The number of halogens is 4. The van der Waals surface area contributed by atoms with Gasteiger partial charge in [-0.05, 0) is 12.1 Å². The summed E-state index contributed by atoms with van der Waals surface area (Å²) in [5.74, 6) is -0.826. The Labute approximate surface area is 153 Å². The molecule has 3 N–H and O–H groups in total. The van der Waals surface area contributed by atoms with Crippen LogP contribution in [0.4, 0.5) is 16.2 Å². The second-order valence-corrected chi connectivity index (χ2v) is 6.63. The van der Waals surface area contributed by atoms with Gasteiger partial charge in [-0.15, -0.1) is 0 Å². The molecule has 120 valence electrons. The van der Waals surface area contributed by atoms with Crippen LogP contribution in [0.25, 0.3) is 0 Å². The fraction of sp³-hybridized carbons (Fsp3) is 0.250. The van der Waals surface area contributed by atoms with Gasteiger partial charge in [0.15, 0.2) is 0 Å². The molecule has 10 heteroatoms. The van der Waals surface area contributed by atoms with E-state index in [2.05, 4.69) is 47.8 Å². The Morgan fingerprint density at radius 3 is 2.18 bits per heavy atom. The van der Waals surface area contributed by atoms with Gasteiger partial charge in [-0.2, -0.15) is 0 Å². The summed E-state index contributed by atoms with van der Waals surface area (Å²) >= 11 is 18.2. The third-order valence-electron chi connectivity index (χ3n) is 2.26. The van der Waals surface area contributed by atoms with Gasteiger partial charge >= 0.3 is 6.03 Å². The van der Waals surface area contributed by atoms with Gasteiger partial charge in [-0.25, -0.2) is 4.79 Å². The van der Waals surface area contributed by atoms with E-state index in [1.165, 1.54) is 19.1 Å². The first kappa shape index (κ1) is 19.2. The van der Waals surface area contributed by atoms with Crippen molar-refractivity contribution >= 4 is 84.3 Å². The second kappa shape index (κ2) is 8.71. The lowest BCUT2D eigenvalue weighted by Crippen LogP contribution is -2.39. The van der Waals surface area contributed by atoms with Gasteiger partial charge in [0.2, 0.25) is 11.8 Å². The minimum absolute atomic E-state index is 0.156. The van der Waals surface area contributed by atoms with Crippen LogP contribution in [-0.2, 0) is 9.59 Å². The number of rotatable bonds is 4. The third kappa shape index (κ3) is 5.75. The van der Waals surface area contributed by atoms with Crippen molar-refractivity contribution in [2.45, 2.75) is 11.8 Å². The number of nitrogens with one attached hydrogen (secondary N) is 3. The van der Waals surface area contributed by atoms with Gasteiger partial charge in [0.25, 0.3) is 0 Å². The average Bonchev–Trinajstić information content (AvgIpc) is 2.41. The normalized spacial score (nSPS) is 11.5. The summed E-state index contributed by atoms with van der Waals surface area (Å²) in [6, 6.07) is 2.08. The van der Waals surface area contributed by atoms with Gasteiger partial charge in [0.1, 0.15) is 4.83 Å². The van der Waals surface area contributed by atoms with Crippen LogP contribution in [0.15, 0.2) is 12.1 Å². The maximum absolute atomic E-state index is 11.7. The molecule has 1 aromatic carbocycles. The molecule has 0 spiro atoms. The van der Waals surface area contributed by atoms with E-state index in [0.717, 1.165) is 0 Å². The predicted octanol–water partition coefficient (Wildman–Crippen LogP) is 3.76. The minimum Gasteiger partial charge on any atom is -0.324 e. The standard InChI is InChI=1S/C12H11Br2Cl2N3O3/c1-5(20)17-10-8(15)2-6(3-9(10)16)18-12(22)19-11(21)7(14)4-13/h2-3,7H,4H2,1H3,(H,17,20)(H2,18,19,21,22). The molecular weight excluding hydrogens is 465 g/mol. The maximum Gasteiger partial charge on any atom is 0.325 e. The summed E-state index contributed by atoms with van der Waals surface area (Å²) in [5, 5.41) is 7.72. The fourth-order valence-corrected chi connectivity index (χ4v) is 2.35. The number of anilines is 2. The molecule has 0 aromatic heterocycles. The highest BCUT2D eigenvalue weighted by Crippen LogP contribution is 2.33. The van der Waals surface area contributed by atoms with Crippen molar-refractivity contribution in [1.82, 2.24) is 5.32 Å². The largest absolute Gasteiger partial charge is 0.325 e. The highest BCUT2D eigenvalue weighted by molar-refractivity contribution is 9.12. The van der Waals surface area contributed by atoms with Crippen molar-refractivity contribution in [2.75, 3.05) is 16.0 Å². The molecule has 4 amide bonds. The van der Waals surface area contributed by atoms with Crippen LogP contribution < -0.4 is 16.0 Å². The molecule has 22 heavy (non-hydrogen) atoms. The van der Waals surface area contributed by atoms with Gasteiger partial charge in [-0.3, -0.25) is 14.9 Å². The second-order valence-electron chi connectivity index (χ2n) is 4.06. The zero-order valence-electron chi connectivity index (χ0n) is 11.2. The summed E-state index contributed by atoms with van der Waals surface area (Å²) in [6.07, 6.45) is 0. The number of hydrogen-bond acceptors (Lipinski definition) is 3. The minimum atomic E-state index is -0.727. The highest BCUT2D eigenvalue weighted by atomic mass is 79.9. The van der Waals surface area contributed by atoms with Crippen LogP contribution in [0.3, 0.4) is 0 Å². The van der Waals surface area contributed by atoms with E-state index >= 15 is 0 Å². The molecule has 1 aromatic rings. The number of carbonyl (C=O) groups is 3. The van der Waals surface area contributed by atoms with Crippen molar-refractivity contribution in [3.8, 4) is 0 Å². The van der Waals surface area contributed by atoms with E-state index in [1.54, 1.807) is 0 Å². The summed E-state index contributed by atoms with van der Waals surface area (Å²) < 4.78 is 0. The number of alkyl halides is 2. The van der Waals surface area contributed by atoms with E-state index in [0.29, 0.717) is 5.33 Å². The van der Waals surface area contributed by atoms with E-state index in [4.69, 9.17) is 23.2 Å². The van der Waals surface area contributed by atoms with E-state index in [9.17, 15) is 14.4 Å². The van der Waals surface area contributed by atoms with Crippen LogP contribution in [0.2, 0.25) is 10.0 Å². The van der Waals surface area contributed by atoms with Crippen LogP contribution in [0.1, 0.15) is 6.92 Å². The molecular formula is C12H11Br2Cl2N3O3. The first-order valence-corrected chi connectivity index (χ1v) is 8.62. The van der Waals surface area contributed by atoms with Crippen LogP contribution >= 0.6 is 55.1 Å². The molecule has 0 aliphatic rings. The summed E-state index contributed by atoms with van der Waals surface area (Å²) in [6.45, 7) is 1.32. The third-order valence-corrected chi connectivity index (χ3v) is 5.11. The zero-order valence-corrected chi connectivity index (χ0v) is 15.9. The first-order chi connectivity index (χ1) is 10.2. The lowest BCUT2D eigenvalue weighted by molar-refractivity contribution is -0.119. The molecule has 0 radical (unpaired) electrons. The summed E-state index contributed by atoms with van der Waals surface area (Å²) in [7, 11) is 0. The number of hydrogen-bond donors (Lipinski definition) is 3. The average molecular weight is 476 g/mol. The zero-order chi connectivity index (χ0) is 16.9. The summed E-state index contributed by atoms with van der Waals surface area (Å²) in [4.78, 5) is 33.7. The number of carbonyl (C=O) groups excluding carboxylic acids is 3. The molecule has 0 saturated heterocycles. The Kier molecular flexibility index (Phi) is 7.61. The SMILES string of the molecule is CC(=O)Nc1c(Cl)cc(NC(=O)NC(=O)C(Br)CBr)cc1Cl. The van der Waals surface area contributed by atoms with Crippen LogP contribution in [-0.4, -0.2) is 28.0 Å². The van der Waals surface area contributed by atoms with Crippen molar-refractivity contribution in [1.29, 1.82) is 0 Å². The Balaban J connectivity index is 2.80. The molecule has 0 heterocycles. The molecule has 1 unspecified atom stereocenters. The van der Waals surface area contributed by atoms with Crippen LogP contribution in [0, 0.1) is 0 Å². The van der Waals surface area contributed by atoms with Gasteiger partial charge in [-0.1, -0.05) is 55.1 Å². The maximum atomic E-state index is 11.7. The molecule has 0 aliphatic carbocycles. The van der Waals surface area contributed by atoms with Crippen molar-refractivity contribution in [3.63, 3.8) is 0 Å². The molecule has 6 nitrogen and oxygen atoms in total. The molecule has 0 saturated carbocycles. The first-order valence-electron chi connectivity index (χ1n) is 5.83. The number of urea groups is 1. The predicted molar refractivity (Wildman–Crippen MR) is 94.4 cm³/mol. The van der Waals surface area contributed by atoms with Gasteiger partial charge < -0.3 is 10.6 Å². The van der Waals surface area contributed by atoms with E-state index in [1.807, 2.05) is 0 Å². The molecule has 0 fully saturated rings. The highest BCUT2D eigenvalue weighted by Gasteiger charge is 2.17. The fourth-order valence-electron chi connectivity index (χ4n) is 1.36. The Bertz CT molecular complexity index is 590. The van der Waals surface area contributed by atoms with Crippen molar-refractivity contribution in [2.24, 2.45) is 0 Å². The molecule has 0 bridgehead atoms. The number of amides is 4. The van der Waals surface area contributed by atoms with E-state index < -0.39 is 16.8 Å². The Morgan fingerprint density at radius 1 is 1.18 bits per heavy atom. The van der Waals surface area contributed by atoms with E-state index in [-0.39, 0.29) is 27.3 Å². The molecule has 1 rings (SSSR count). The smallest absolute Gasteiger partial charge is 0.324 e. The Morgan fingerprint density at radius 2 is 1.73 bits per heavy atom. The van der Waals surface area contributed by atoms with Crippen molar-refractivity contribution in [3.05, 3.63) is 22.2 Å². The topological polar surface area (TPSA) is 87.3 Å². The number of benzene rings is 1. The number of imide groups is 1. The lowest BCUT2D eigenvalue weighted by Gasteiger charge is -2.12. The van der Waals surface area contributed by atoms with Crippen LogP contribution in [0.5, 0.6) is 0 Å². The molecule has 0 aliphatic heterocycles. The van der Waals surface area contributed by atoms with Gasteiger partial charge in [0.05, 0.1) is 15.7 Å². The van der Waals surface area contributed by atoms with Gasteiger partial charge in [0, 0.05) is 17.9 Å². The summed E-state index contributed by atoms with van der Waals surface area (Å²) in [5.41, 5.74) is 0.525. The monoisotopic (exact) mass is 473 g/mol. The Hall–Kier alpha value is -0.830. The lowest BCUT2D eigenvalue weighted by atomic mass is 10.2. The quantitative estimate of drug-likeness (QED) is 0.579. The van der Waals surface area contributed by atoms with Crippen molar-refractivity contribution < 1.29 is 14.4 Å². The molecule has 1 atom stereocenters.